The molecule has 0 amide bonds. The topological polar surface area (TPSA) is 85.5 Å². The van der Waals surface area contributed by atoms with Crippen molar-refractivity contribution in [3.8, 4) is 17.0 Å². The van der Waals surface area contributed by atoms with Crippen LogP contribution in [0.4, 0.5) is 4.39 Å². The molecule has 0 spiro atoms. The Labute approximate surface area is 130 Å². The smallest absolute Gasteiger partial charge is 0.360 e. The first-order valence-corrected chi connectivity index (χ1v) is 6.95. The molecule has 3 aromatic rings. The number of aryl methyl sites for hydroxylation is 1. The average Bonchev–Trinajstić information content (AvgIpc) is 2.97. The fraction of sp³-hybridized carbons (Fsp3) is 0.188. The number of nitrogens with zero attached hydrogens (tertiary/aromatic N) is 2. The van der Waals surface area contributed by atoms with E-state index in [9.17, 15) is 14.3 Å². The van der Waals surface area contributed by atoms with Crippen LogP contribution in [-0.2, 0) is 4.74 Å². The summed E-state index contributed by atoms with van der Waals surface area (Å²) in [6.07, 6.45) is 0. The van der Waals surface area contributed by atoms with Crippen molar-refractivity contribution in [1.29, 1.82) is 0 Å². The minimum Gasteiger partial charge on any atom is -0.505 e. The van der Waals surface area contributed by atoms with Crippen LogP contribution in [0.2, 0.25) is 0 Å². The highest BCUT2D eigenvalue weighted by Gasteiger charge is 2.24. The third-order valence-corrected chi connectivity index (χ3v) is 3.35. The van der Waals surface area contributed by atoms with Crippen molar-refractivity contribution < 1.29 is 23.6 Å². The summed E-state index contributed by atoms with van der Waals surface area (Å²) in [5, 5.41) is 14.6. The summed E-state index contributed by atoms with van der Waals surface area (Å²) in [7, 11) is 0. The van der Waals surface area contributed by atoms with Crippen LogP contribution in [0, 0.1) is 12.7 Å². The van der Waals surface area contributed by atoms with Gasteiger partial charge in [0.25, 0.3) is 0 Å². The van der Waals surface area contributed by atoms with Gasteiger partial charge in [0, 0.05) is 5.56 Å². The highest BCUT2D eigenvalue weighted by Crippen LogP contribution is 2.37. The fourth-order valence-corrected chi connectivity index (χ4v) is 2.29. The second-order valence-electron chi connectivity index (χ2n) is 4.86. The molecule has 0 aliphatic heterocycles. The predicted molar refractivity (Wildman–Crippen MR) is 79.6 cm³/mol. The van der Waals surface area contributed by atoms with Crippen molar-refractivity contribution in [3.63, 3.8) is 0 Å². The van der Waals surface area contributed by atoms with Crippen molar-refractivity contribution in [1.82, 2.24) is 10.1 Å². The molecule has 1 N–H and O–H groups in total. The predicted octanol–water partition coefficient (Wildman–Crippen LogP) is 3.22. The number of ether oxygens (including phenoxy) is 1. The number of carbonyl (C=O) groups excluding carboxylic acids is 1. The van der Waals surface area contributed by atoms with Gasteiger partial charge >= 0.3 is 5.97 Å². The van der Waals surface area contributed by atoms with E-state index in [-0.39, 0.29) is 29.0 Å². The van der Waals surface area contributed by atoms with Gasteiger partial charge in [-0.2, -0.15) is 0 Å². The number of aromatic hydroxyl groups is 1. The lowest BCUT2D eigenvalue weighted by molar-refractivity contribution is 0.0516. The van der Waals surface area contributed by atoms with Crippen LogP contribution in [0.15, 0.2) is 28.8 Å². The van der Waals surface area contributed by atoms with E-state index in [1.54, 1.807) is 13.8 Å². The van der Waals surface area contributed by atoms with E-state index in [0.29, 0.717) is 17.0 Å². The second kappa shape index (κ2) is 5.68. The lowest BCUT2D eigenvalue weighted by Gasteiger charge is -2.06. The normalized spacial score (nSPS) is 10.9. The van der Waals surface area contributed by atoms with Gasteiger partial charge in [-0.05, 0) is 38.1 Å². The molecule has 1 aromatic carbocycles. The van der Waals surface area contributed by atoms with Gasteiger partial charge in [0.15, 0.2) is 17.0 Å². The average molecular weight is 316 g/mol. The first kappa shape index (κ1) is 15.0. The molecule has 0 fully saturated rings. The SMILES string of the molecule is CCOC(=O)c1nc(C)c2onc(-c3ccc(F)cc3)c2c1O. The molecule has 2 heterocycles. The quantitative estimate of drug-likeness (QED) is 0.747. The van der Waals surface area contributed by atoms with Crippen LogP contribution < -0.4 is 0 Å². The molecule has 0 aliphatic rings. The van der Waals surface area contributed by atoms with Crippen molar-refractivity contribution >= 4 is 16.9 Å². The maximum absolute atomic E-state index is 13.1. The van der Waals surface area contributed by atoms with Crippen molar-refractivity contribution in [2.45, 2.75) is 13.8 Å². The van der Waals surface area contributed by atoms with Crippen LogP contribution in [0.25, 0.3) is 22.2 Å². The van der Waals surface area contributed by atoms with Crippen LogP contribution in [0.3, 0.4) is 0 Å². The highest BCUT2D eigenvalue weighted by molar-refractivity contribution is 6.03. The number of halogens is 1. The molecule has 23 heavy (non-hydrogen) atoms. The molecule has 7 heteroatoms. The molecule has 0 bridgehead atoms. The molecule has 0 radical (unpaired) electrons. The number of hydrogen-bond acceptors (Lipinski definition) is 6. The van der Waals surface area contributed by atoms with Gasteiger partial charge in [-0.3, -0.25) is 0 Å². The van der Waals surface area contributed by atoms with Crippen LogP contribution in [0.1, 0.15) is 23.1 Å². The number of pyridine rings is 1. The van der Waals surface area contributed by atoms with Gasteiger partial charge in [0.2, 0.25) is 0 Å². The van der Waals surface area contributed by atoms with Crippen LogP contribution >= 0.6 is 0 Å². The molecular formula is C16H13FN2O4. The highest BCUT2D eigenvalue weighted by atomic mass is 19.1. The molecular weight excluding hydrogens is 303 g/mol. The zero-order valence-electron chi connectivity index (χ0n) is 12.5. The fourth-order valence-electron chi connectivity index (χ4n) is 2.29. The first-order chi connectivity index (χ1) is 11.0. The van der Waals surface area contributed by atoms with Crippen molar-refractivity contribution in [3.05, 3.63) is 41.5 Å². The zero-order chi connectivity index (χ0) is 16.6. The van der Waals surface area contributed by atoms with Crippen LogP contribution in [0.5, 0.6) is 5.75 Å². The standard InChI is InChI=1S/C16H13FN2O4/c1-3-22-16(21)13-14(20)11-12(9-4-6-10(17)7-5-9)19-23-15(11)8(2)18-13/h4-7,20H,3H2,1-2H3. The summed E-state index contributed by atoms with van der Waals surface area (Å²) in [5.74, 6) is -1.50. The largest absolute Gasteiger partial charge is 0.505 e. The van der Waals surface area contributed by atoms with Crippen molar-refractivity contribution in [2.75, 3.05) is 6.61 Å². The molecule has 118 valence electrons. The lowest BCUT2D eigenvalue weighted by atomic mass is 10.1. The lowest BCUT2D eigenvalue weighted by Crippen LogP contribution is -2.08. The Morgan fingerprint density at radius 3 is 2.70 bits per heavy atom. The molecule has 0 atom stereocenters. The third kappa shape index (κ3) is 2.50. The van der Waals surface area contributed by atoms with E-state index in [0.717, 1.165) is 0 Å². The number of aromatic nitrogens is 2. The second-order valence-corrected chi connectivity index (χ2v) is 4.86. The summed E-state index contributed by atoms with van der Waals surface area (Å²) >= 11 is 0. The summed E-state index contributed by atoms with van der Waals surface area (Å²) in [6.45, 7) is 3.44. The molecule has 0 unspecified atom stereocenters. The van der Waals surface area contributed by atoms with E-state index in [4.69, 9.17) is 9.26 Å². The minimum atomic E-state index is -0.735. The first-order valence-electron chi connectivity index (χ1n) is 6.95. The van der Waals surface area contributed by atoms with E-state index in [1.807, 2.05) is 0 Å². The van der Waals surface area contributed by atoms with E-state index >= 15 is 0 Å². The summed E-state index contributed by atoms with van der Waals surface area (Å²) in [6, 6.07) is 5.55. The summed E-state index contributed by atoms with van der Waals surface area (Å²) in [4.78, 5) is 16.0. The molecule has 3 rings (SSSR count). The number of fused-ring (bicyclic) bond motifs is 1. The number of esters is 1. The van der Waals surface area contributed by atoms with E-state index in [1.165, 1.54) is 24.3 Å². The Morgan fingerprint density at radius 2 is 2.04 bits per heavy atom. The van der Waals surface area contributed by atoms with Gasteiger partial charge in [0.05, 0.1) is 17.7 Å². The van der Waals surface area contributed by atoms with Gasteiger partial charge in [0.1, 0.15) is 11.5 Å². The Hall–Kier alpha value is -2.96. The van der Waals surface area contributed by atoms with E-state index < -0.39 is 11.8 Å². The maximum Gasteiger partial charge on any atom is 0.360 e. The van der Waals surface area contributed by atoms with Crippen molar-refractivity contribution in [2.24, 2.45) is 0 Å². The number of rotatable bonds is 3. The van der Waals surface area contributed by atoms with Gasteiger partial charge in [-0.15, -0.1) is 0 Å². The zero-order valence-corrected chi connectivity index (χ0v) is 12.5. The van der Waals surface area contributed by atoms with Crippen LogP contribution in [-0.4, -0.2) is 27.8 Å². The molecule has 0 aliphatic carbocycles. The van der Waals surface area contributed by atoms with Gasteiger partial charge in [-0.25, -0.2) is 14.2 Å². The summed E-state index contributed by atoms with van der Waals surface area (Å²) in [5.41, 5.74) is 1.29. The Bertz CT molecular complexity index is 887. The molecule has 0 saturated carbocycles. The summed E-state index contributed by atoms with van der Waals surface area (Å²) < 4.78 is 23.2. The number of benzene rings is 1. The number of hydrogen-bond donors (Lipinski definition) is 1. The Morgan fingerprint density at radius 1 is 1.35 bits per heavy atom. The Kier molecular flexibility index (Phi) is 3.69. The third-order valence-electron chi connectivity index (χ3n) is 3.35. The Balaban J connectivity index is 2.25. The maximum atomic E-state index is 13.1. The number of carbonyl (C=O) groups is 1. The molecule has 6 nitrogen and oxygen atoms in total. The van der Waals surface area contributed by atoms with Gasteiger partial charge < -0.3 is 14.4 Å². The molecule has 2 aromatic heterocycles. The molecule has 0 saturated heterocycles. The van der Waals surface area contributed by atoms with E-state index in [2.05, 4.69) is 10.1 Å². The minimum absolute atomic E-state index is 0.158. The monoisotopic (exact) mass is 316 g/mol. The van der Waals surface area contributed by atoms with Gasteiger partial charge in [-0.1, -0.05) is 5.16 Å².